The van der Waals surface area contributed by atoms with Crippen LogP contribution in [0.15, 0.2) is 38.8 Å². The zero-order chi connectivity index (χ0) is 17.7. The third kappa shape index (κ3) is 4.01. The first-order valence-corrected chi connectivity index (χ1v) is 8.06. The topological polar surface area (TPSA) is 87.4 Å². The standard InChI is InChI=1S/C18H23N3O3/c1-12(2)7-6-10-19-11-14-16(22)20-18(24)21(17(14)23)15-9-5-4-8-13(15)3/h4-5,8-9,11-12,23H,6-7,10H2,1-3H3,(H,20,22,24). The lowest BCUT2D eigenvalue weighted by atomic mass is 10.1. The summed E-state index contributed by atoms with van der Waals surface area (Å²) in [5.41, 5.74) is -0.00594. The highest BCUT2D eigenvalue weighted by atomic mass is 16.3. The summed E-state index contributed by atoms with van der Waals surface area (Å²) in [6.07, 6.45) is 3.29. The highest BCUT2D eigenvalue weighted by Crippen LogP contribution is 2.18. The first-order valence-electron chi connectivity index (χ1n) is 8.06. The van der Waals surface area contributed by atoms with E-state index in [0.29, 0.717) is 18.2 Å². The number of nitrogens with zero attached hydrogens (tertiary/aromatic N) is 2. The van der Waals surface area contributed by atoms with Crippen LogP contribution in [0.25, 0.3) is 5.69 Å². The summed E-state index contributed by atoms with van der Waals surface area (Å²) in [7, 11) is 0. The van der Waals surface area contributed by atoms with Crippen LogP contribution in [0, 0.1) is 12.8 Å². The number of aliphatic imine (C=N–C) groups is 1. The van der Waals surface area contributed by atoms with Crippen molar-refractivity contribution >= 4 is 6.21 Å². The van der Waals surface area contributed by atoms with E-state index in [-0.39, 0.29) is 5.56 Å². The number of aryl methyl sites for hydroxylation is 1. The smallest absolute Gasteiger partial charge is 0.335 e. The first kappa shape index (κ1) is 17.7. The second kappa shape index (κ2) is 7.77. The van der Waals surface area contributed by atoms with Gasteiger partial charge in [0.2, 0.25) is 5.88 Å². The number of hydrogen-bond donors (Lipinski definition) is 2. The number of aromatic amines is 1. The summed E-state index contributed by atoms with van der Waals surface area (Å²) in [4.78, 5) is 30.5. The minimum Gasteiger partial charge on any atom is -0.493 e. The molecule has 1 aromatic carbocycles. The van der Waals surface area contributed by atoms with Crippen LogP contribution in [-0.4, -0.2) is 27.4 Å². The lowest BCUT2D eigenvalue weighted by molar-refractivity contribution is 0.430. The molecule has 24 heavy (non-hydrogen) atoms. The van der Waals surface area contributed by atoms with Crippen molar-refractivity contribution in [1.29, 1.82) is 0 Å². The monoisotopic (exact) mass is 329 g/mol. The number of nitrogens with one attached hydrogen (secondary N) is 1. The normalized spacial score (nSPS) is 11.5. The number of rotatable bonds is 6. The Kier molecular flexibility index (Phi) is 5.73. The van der Waals surface area contributed by atoms with Crippen molar-refractivity contribution in [3.63, 3.8) is 0 Å². The molecule has 128 valence electrons. The van der Waals surface area contributed by atoms with Gasteiger partial charge in [-0.1, -0.05) is 32.0 Å². The zero-order valence-electron chi connectivity index (χ0n) is 14.2. The number of aromatic nitrogens is 2. The van der Waals surface area contributed by atoms with Crippen molar-refractivity contribution in [1.82, 2.24) is 9.55 Å². The van der Waals surface area contributed by atoms with Crippen LogP contribution in [0.3, 0.4) is 0 Å². The number of H-pyrrole nitrogens is 1. The average molecular weight is 329 g/mol. The molecule has 0 saturated carbocycles. The largest absolute Gasteiger partial charge is 0.493 e. The highest BCUT2D eigenvalue weighted by Gasteiger charge is 2.15. The molecule has 2 aromatic rings. The molecule has 0 unspecified atom stereocenters. The second-order valence-electron chi connectivity index (χ2n) is 6.19. The average Bonchev–Trinajstić information content (AvgIpc) is 2.51. The van der Waals surface area contributed by atoms with E-state index in [4.69, 9.17) is 0 Å². The van der Waals surface area contributed by atoms with Crippen LogP contribution in [0.4, 0.5) is 0 Å². The second-order valence-corrected chi connectivity index (χ2v) is 6.19. The highest BCUT2D eigenvalue weighted by molar-refractivity contribution is 5.82. The van der Waals surface area contributed by atoms with Crippen LogP contribution in [-0.2, 0) is 0 Å². The van der Waals surface area contributed by atoms with Gasteiger partial charge < -0.3 is 5.11 Å². The molecule has 0 aliphatic heterocycles. The Balaban J connectivity index is 2.39. The summed E-state index contributed by atoms with van der Waals surface area (Å²) in [5, 5.41) is 10.4. The van der Waals surface area contributed by atoms with Crippen molar-refractivity contribution in [2.24, 2.45) is 10.9 Å². The predicted octanol–water partition coefficient (Wildman–Crippen LogP) is 2.39. The van der Waals surface area contributed by atoms with E-state index in [0.717, 1.165) is 23.0 Å². The number of para-hydroxylation sites is 1. The molecule has 0 spiro atoms. The van der Waals surface area contributed by atoms with Gasteiger partial charge in [-0.05, 0) is 37.3 Å². The van der Waals surface area contributed by atoms with Crippen LogP contribution < -0.4 is 11.2 Å². The summed E-state index contributed by atoms with van der Waals surface area (Å²) >= 11 is 0. The van der Waals surface area contributed by atoms with Crippen molar-refractivity contribution in [3.8, 4) is 11.6 Å². The minimum atomic E-state index is -0.677. The summed E-state index contributed by atoms with van der Waals surface area (Å²) in [5.74, 6) is 0.200. The van der Waals surface area contributed by atoms with E-state index in [1.807, 2.05) is 19.1 Å². The molecule has 0 fully saturated rings. The predicted molar refractivity (Wildman–Crippen MR) is 95.6 cm³/mol. The summed E-state index contributed by atoms with van der Waals surface area (Å²) < 4.78 is 1.09. The lowest BCUT2D eigenvalue weighted by Gasteiger charge is -2.11. The molecule has 1 heterocycles. The Morgan fingerprint density at radius 2 is 2.00 bits per heavy atom. The Bertz CT molecular complexity index is 847. The fraction of sp³-hybridized carbons (Fsp3) is 0.389. The summed E-state index contributed by atoms with van der Waals surface area (Å²) in [6.45, 7) is 6.67. The van der Waals surface area contributed by atoms with E-state index in [2.05, 4.69) is 23.8 Å². The molecule has 0 atom stereocenters. The SMILES string of the molecule is Cc1ccccc1-n1c(O)c(C=NCCCC(C)C)c(=O)[nH]c1=O. The molecular weight excluding hydrogens is 306 g/mol. The molecule has 0 bridgehead atoms. The third-order valence-corrected chi connectivity index (χ3v) is 3.77. The maximum Gasteiger partial charge on any atom is 0.335 e. The van der Waals surface area contributed by atoms with Gasteiger partial charge in [-0.15, -0.1) is 0 Å². The van der Waals surface area contributed by atoms with Gasteiger partial charge in [-0.25, -0.2) is 9.36 Å². The first-order chi connectivity index (χ1) is 11.4. The minimum absolute atomic E-state index is 0.0117. The number of benzene rings is 1. The van der Waals surface area contributed by atoms with Crippen molar-refractivity contribution in [2.45, 2.75) is 33.6 Å². The third-order valence-electron chi connectivity index (χ3n) is 3.77. The molecule has 6 nitrogen and oxygen atoms in total. The van der Waals surface area contributed by atoms with E-state index < -0.39 is 17.1 Å². The molecule has 6 heteroatoms. The number of aromatic hydroxyl groups is 1. The van der Waals surface area contributed by atoms with Gasteiger partial charge in [0.05, 0.1) is 5.69 Å². The Labute approximate surface area is 140 Å². The van der Waals surface area contributed by atoms with Crippen LogP contribution in [0.2, 0.25) is 0 Å². The lowest BCUT2D eigenvalue weighted by Crippen LogP contribution is -2.31. The summed E-state index contributed by atoms with van der Waals surface area (Å²) in [6, 6.07) is 7.13. The Morgan fingerprint density at radius 1 is 1.29 bits per heavy atom. The van der Waals surface area contributed by atoms with E-state index >= 15 is 0 Å². The molecule has 2 rings (SSSR count). The van der Waals surface area contributed by atoms with Gasteiger partial charge in [-0.2, -0.15) is 0 Å². The van der Waals surface area contributed by atoms with Gasteiger partial charge in [-0.3, -0.25) is 14.8 Å². The van der Waals surface area contributed by atoms with Crippen LogP contribution >= 0.6 is 0 Å². The van der Waals surface area contributed by atoms with E-state index in [9.17, 15) is 14.7 Å². The van der Waals surface area contributed by atoms with Gasteiger partial charge in [0.15, 0.2) is 0 Å². The zero-order valence-corrected chi connectivity index (χ0v) is 14.2. The molecule has 0 saturated heterocycles. The molecule has 0 amide bonds. The van der Waals surface area contributed by atoms with E-state index in [1.165, 1.54) is 6.21 Å². The van der Waals surface area contributed by atoms with Gasteiger partial charge in [0.1, 0.15) is 5.56 Å². The Morgan fingerprint density at radius 3 is 2.67 bits per heavy atom. The quantitative estimate of drug-likeness (QED) is 0.630. The number of hydrogen-bond acceptors (Lipinski definition) is 4. The fourth-order valence-electron chi connectivity index (χ4n) is 2.44. The van der Waals surface area contributed by atoms with Crippen LogP contribution in [0.1, 0.15) is 37.8 Å². The molecule has 2 N–H and O–H groups in total. The Hall–Kier alpha value is -2.63. The molecule has 0 radical (unpaired) electrons. The van der Waals surface area contributed by atoms with Gasteiger partial charge in [0, 0.05) is 12.8 Å². The van der Waals surface area contributed by atoms with Gasteiger partial charge >= 0.3 is 5.69 Å². The van der Waals surface area contributed by atoms with Gasteiger partial charge in [0.25, 0.3) is 5.56 Å². The van der Waals surface area contributed by atoms with Crippen molar-refractivity contribution in [3.05, 3.63) is 56.2 Å². The van der Waals surface area contributed by atoms with Crippen molar-refractivity contribution < 1.29 is 5.11 Å². The molecule has 0 aliphatic rings. The van der Waals surface area contributed by atoms with Crippen molar-refractivity contribution in [2.75, 3.05) is 6.54 Å². The fourth-order valence-corrected chi connectivity index (χ4v) is 2.44. The van der Waals surface area contributed by atoms with E-state index in [1.54, 1.807) is 12.1 Å². The maximum atomic E-state index is 12.1. The maximum absolute atomic E-state index is 12.1. The molecule has 0 aliphatic carbocycles. The molecule has 1 aromatic heterocycles. The van der Waals surface area contributed by atoms with Crippen LogP contribution in [0.5, 0.6) is 5.88 Å². The molecular formula is C18H23N3O3.